The predicted octanol–water partition coefficient (Wildman–Crippen LogP) is 3.46. The smallest absolute Gasteiger partial charge is 0.271 e. The lowest BCUT2D eigenvalue weighted by Crippen LogP contribution is -2.29. The molecule has 6 nitrogen and oxygen atoms in total. The number of amides is 1. The Morgan fingerprint density at radius 1 is 1.12 bits per heavy atom. The zero-order valence-electron chi connectivity index (χ0n) is 13.9. The number of hydrogen-bond acceptors (Lipinski definition) is 4. The topological polar surface area (TPSA) is 80.5 Å². The molecular weight excluding hydrogens is 320 g/mol. The summed E-state index contributed by atoms with van der Waals surface area (Å²) < 4.78 is 0. The molecule has 0 radical (unpaired) electrons. The summed E-state index contributed by atoms with van der Waals surface area (Å²) >= 11 is 0. The Morgan fingerprint density at radius 2 is 1.84 bits per heavy atom. The number of nitro benzene ring substituents is 1. The van der Waals surface area contributed by atoms with Gasteiger partial charge in [0.25, 0.3) is 5.69 Å². The van der Waals surface area contributed by atoms with Gasteiger partial charge in [0.1, 0.15) is 0 Å². The molecule has 1 heterocycles. The number of carbonyl (C=O) groups is 2. The van der Waals surface area contributed by atoms with Crippen molar-refractivity contribution in [2.24, 2.45) is 0 Å². The summed E-state index contributed by atoms with van der Waals surface area (Å²) in [6.07, 6.45) is 0.891. The lowest BCUT2D eigenvalue weighted by Gasteiger charge is -2.17. The van der Waals surface area contributed by atoms with Gasteiger partial charge in [-0.25, -0.2) is 0 Å². The van der Waals surface area contributed by atoms with E-state index in [1.807, 2.05) is 19.1 Å². The van der Waals surface area contributed by atoms with Crippen molar-refractivity contribution < 1.29 is 14.5 Å². The summed E-state index contributed by atoms with van der Waals surface area (Å²) in [5.74, 6) is -0.258. The maximum atomic E-state index is 12.5. The maximum Gasteiger partial charge on any atom is 0.271 e. The van der Waals surface area contributed by atoms with Crippen molar-refractivity contribution >= 4 is 23.1 Å². The largest absolute Gasteiger partial charge is 0.312 e. The van der Waals surface area contributed by atoms with E-state index in [0.29, 0.717) is 24.2 Å². The number of nitrogens with zero attached hydrogens (tertiary/aromatic N) is 2. The van der Waals surface area contributed by atoms with E-state index in [0.717, 1.165) is 11.1 Å². The number of non-ortho nitro benzene ring substituents is 1. The molecule has 3 rings (SSSR count). The van der Waals surface area contributed by atoms with Crippen LogP contribution in [-0.2, 0) is 11.2 Å². The van der Waals surface area contributed by atoms with Crippen LogP contribution >= 0.6 is 0 Å². The van der Waals surface area contributed by atoms with Crippen molar-refractivity contribution in [3.05, 3.63) is 69.3 Å². The molecule has 25 heavy (non-hydrogen) atoms. The molecule has 1 amide bonds. The van der Waals surface area contributed by atoms with E-state index in [4.69, 9.17) is 0 Å². The first-order valence-electron chi connectivity index (χ1n) is 8.13. The highest BCUT2D eigenvalue weighted by Crippen LogP contribution is 2.32. The first-order chi connectivity index (χ1) is 12.0. The predicted molar refractivity (Wildman–Crippen MR) is 93.9 cm³/mol. The van der Waals surface area contributed by atoms with Gasteiger partial charge in [-0.3, -0.25) is 19.7 Å². The van der Waals surface area contributed by atoms with Gasteiger partial charge in [-0.05, 0) is 18.9 Å². The lowest BCUT2D eigenvalue weighted by atomic mass is 10.0. The highest BCUT2D eigenvalue weighted by atomic mass is 16.6. The molecule has 0 aliphatic carbocycles. The Balaban J connectivity index is 1.67. The molecule has 1 aliphatic rings. The first kappa shape index (κ1) is 16.8. The number of nitro groups is 1. The minimum atomic E-state index is -0.470. The van der Waals surface area contributed by atoms with Gasteiger partial charge in [-0.15, -0.1) is 0 Å². The molecule has 2 aromatic carbocycles. The second-order valence-electron chi connectivity index (χ2n) is 6.15. The second kappa shape index (κ2) is 6.84. The quantitative estimate of drug-likeness (QED) is 0.475. The van der Waals surface area contributed by atoms with Crippen LogP contribution in [0.4, 0.5) is 11.4 Å². The molecule has 0 N–H and O–H groups in total. The van der Waals surface area contributed by atoms with Crippen molar-refractivity contribution in [1.82, 2.24) is 0 Å². The normalized spacial score (nSPS) is 12.8. The van der Waals surface area contributed by atoms with Crippen LogP contribution in [0, 0.1) is 17.0 Å². The number of anilines is 1. The van der Waals surface area contributed by atoms with Crippen LogP contribution in [0.25, 0.3) is 0 Å². The number of ketones is 1. The van der Waals surface area contributed by atoms with Gasteiger partial charge in [0.15, 0.2) is 5.78 Å². The van der Waals surface area contributed by atoms with Gasteiger partial charge in [-0.1, -0.05) is 35.9 Å². The van der Waals surface area contributed by atoms with Crippen molar-refractivity contribution in [2.45, 2.75) is 26.2 Å². The summed E-state index contributed by atoms with van der Waals surface area (Å²) in [7, 11) is 0. The Hall–Kier alpha value is -3.02. The van der Waals surface area contributed by atoms with E-state index in [1.54, 1.807) is 23.1 Å². The van der Waals surface area contributed by atoms with E-state index in [1.165, 1.54) is 12.1 Å². The number of benzene rings is 2. The maximum absolute atomic E-state index is 12.5. The Kier molecular flexibility index (Phi) is 4.61. The van der Waals surface area contributed by atoms with Gasteiger partial charge in [0.2, 0.25) is 5.91 Å². The number of rotatable bonds is 5. The first-order valence-corrected chi connectivity index (χ1v) is 8.13. The Morgan fingerprint density at radius 3 is 2.52 bits per heavy atom. The number of hydrogen-bond donors (Lipinski definition) is 0. The van der Waals surface area contributed by atoms with E-state index < -0.39 is 4.92 Å². The fraction of sp³-hybridized carbons (Fsp3) is 0.263. The molecule has 0 aromatic heterocycles. The van der Waals surface area contributed by atoms with Crippen LogP contribution in [0.5, 0.6) is 0 Å². The molecule has 0 atom stereocenters. The minimum absolute atomic E-state index is 0.0332. The molecule has 0 spiro atoms. The Labute approximate surface area is 145 Å². The van der Waals surface area contributed by atoms with Crippen LogP contribution in [-0.4, -0.2) is 23.2 Å². The lowest BCUT2D eigenvalue weighted by molar-refractivity contribution is -0.384. The van der Waals surface area contributed by atoms with Crippen molar-refractivity contribution in [3.8, 4) is 0 Å². The van der Waals surface area contributed by atoms with Crippen molar-refractivity contribution in [2.75, 3.05) is 11.4 Å². The van der Waals surface area contributed by atoms with Gasteiger partial charge >= 0.3 is 0 Å². The molecule has 0 bridgehead atoms. The van der Waals surface area contributed by atoms with E-state index in [9.17, 15) is 19.7 Å². The monoisotopic (exact) mass is 338 g/mol. The van der Waals surface area contributed by atoms with Crippen LogP contribution in [0.15, 0.2) is 42.5 Å². The SMILES string of the molecule is Cc1ccc(C(=O)CCC(=O)N2CCc3ccc([N+](=O)[O-])cc32)cc1. The average Bonchev–Trinajstić information content (AvgIpc) is 3.03. The highest BCUT2D eigenvalue weighted by molar-refractivity contribution is 6.01. The molecular formula is C19H18N2O4. The number of aryl methyl sites for hydroxylation is 1. The molecule has 0 unspecified atom stereocenters. The fourth-order valence-corrected chi connectivity index (χ4v) is 2.98. The molecule has 0 fully saturated rings. The van der Waals surface area contributed by atoms with Gasteiger partial charge in [-0.2, -0.15) is 0 Å². The molecule has 6 heteroatoms. The van der Waals surface area contributed by atoms with E-state index in [-0.39, 0.29) is 30.2 Å². The van der Waals surface area contributed by atoms with Crippen molar-refractivity contribution in [3.63, 3.8) is 0 Å². The van der Waals surface area contributed by atoms with Crippen LogP contribution in [0.1, 0.15) is 34.3 Å². The van der Waals surface area contributed by atoms with Gasteiger partial charge < -0.3 is 4.90 Å². The summed E-state index contributed by atoms with van der Waals surface area (Å²) in [6, 6.07) is 11.8. The number of carbonyl (C=O) groups excluding carboxylic acids is 2. The minimum Gasteiger partial charge on any atom is -0.312 e. The third-order valence-corrected chi connectivity index (χ3v) is 4.42. The van der Waals surface area contributed by atoms with E-state index >= 15 is 0 Å². The van der Waals surface area contributed by atoms with Crippen LogP contribution in [0.2, 0.25) is 0 Å². The number of fused-ring (bicyclic) bond motifs is 1. The number of Topliss-reactive ketones (excluding diaryl/α,β-unsaturated/α-hetero) is 1. The average molecular weight is 338 g/mol. The zero-order valence-corrected chi connectivity index (χ0v) is 13.9. The van der Waals surface area contributed by atoms with Crippen LogP contribution < -0.4 is 4.90 Å². The fourth-order valence-electron chi connectivity index (χ4n) is 2.98. The van der Waals surface area contributed by atoms with Gasteiger partial charge in [0.05, 0.1) is 10.6 Å². The molecule has 0 saturated carbocycles. The van der Waals surface area contributed by atoms with E-state index in [2.05, 4.69) is 0 Å². The molecule has 0 saturated heterocycles. The van der Waals surface area contributed by atoms with Crippen LogP contribution in [0.3, 0.4) is 0 Å². The summed E-state index contributed by atoms with van der Waals surface area (Å²) in [4.78, 5) is 36.7. The standard InChI is InChI=1S/C19H18N2O4/c1-13-2-4-15(5-3-13)18(22)8-9-19(23)20-11-10-14-6-7-16(21(24)25)12-17(14)20/h2-7,12H,8-11H2,1H3. The Bertz CT molecular complexity index is 843. The summed E-state index contributed by atoms with van der Waals surface area (Å²) in [6.45, 7) is 2.44. The second-order valence-corrected chi connectivity index (χ2v) is 6.15. The van der Waals surface area contributed by atoms with Gasteiger partial charge in [0, 0.05) is 37.1 Å². The molecule has 2 aromatic rings. The van der Waals surface area contributed by atoms with Crippen molar-refractivity contribution in [1.29, 1.82) is 0 Å². The highest BCUT2D eigenvalue weighted by Gasteiger charge is 2.26. The third kappa shape index (κ3) is 3.57. The summed E-state index contributed by atoms with van der Waals surface area (Å²) in [5, 5.41) is 10.9. The summed E-state index contributed by atoms with van der Waals surface area (Å²) in [5.41, 5.74) is 3.14. The third-order valence-electron chi connectivity index (χ3n) is 4.42. The zero-order chi connectivity index (χ0) is 18.0. The molecule has 128 valence electrons. The molecule has 1 aliphatic heterocycles.